The van der Waals surface area contributed by atoms with Crippen molar-refractivity contribution >= 4 is 11.9 Å². The van der Waals surface area contributed by atoms with Crippen molar-refractivity contribution in [1.82, 2.24) is 0 Å². The summed E-state index contributed by atoms with van der Waals surface area (Å²) in [6.07, 6.45) is 0. The van der Waals surface area contributed by atoms with Gasteiger partial charge in [-0.15, -0.1) is 0 Å². The van der Waals surface area contributed by atoms with Gasteiger partial charge >= 0.3 is 11.9 Å². The molecule has 6 heteroatoms. The quantitative estimate of drug-likeness (QED) is 0.609. The normalized spacial score (nSPS) is 10.4. The summed E-state index contributed by atoms with van der Waals surface area (Å²) in [6.45, 7) is 3.19. The van der Waals surface area contributed by atoms with E-state index in [2.05, 4.69) is 0 Å². The highest BCUT2D eigenvalue weighted by Gasteiger charge is 2.33. The lowest BCUT2D eigenvalue weighted by Gasteiger charge is -2.15. The summed E-state index contributed by atoms with van der Waals surface area (Å²) in [5, 5.41) is 0. The van der Waals surface area contributed by atoms with E-state index < -0.39 is 29.5 Å². The Bertz CT molecular complexity index is 456. The number of hydrogen-bond acceptors (Lipinski definition) is 4. The topological polar surface area (TPSA) is 52.6 Å². The predicted octanol–water partition coefficient (Wildman–Crippen LogP) is 2.17. The highest BCUT2D eigenvalue weighted by Crippen LogP contribution is 2.23. The molecule has 4 nitrogen and oxygen atoms in total. The van der Waals surface area contributed by atoms with E-state index in [1.807, 2.05) is 0 Å². The van der Waals surface area contributed by atoms with Gasteiger partial charge in [-0.2, -0.15) is 0 Å². The number of carbonyl (C=O) groups is 2. The fraction of sp³-hybridized carbons (Fsp3) is 0.385. The first-order valence-corrected chi connectivity index (χ1v) is 5.79. The minimum absolute atomic E-state index is 0.0392. The third-order valence-corrected chi connectivity index (χ3v) is 2.32. The second-order valence-electron chi connectivity index (χ2n) is 3.60. The van der Waals surface area contributed by atoms with Crippen LogP contribution in [0.15, 0.2) is 18.2 Å². The molecule has 0 radical (unpaired) electrons. The SMILES string of the molecule is CCOC(=O)C(C(=O)OCC)c1ccc(F)cc1F. The zero-order valence-corrected chi connectivity index (χ0v) is 10.6. The highest BCUT2D eigenvalue weighted by molar-refractivity contribution is 6.00. The molecule has 0 aromatic heterocycles. The third-order valence-electron chi connectivity index (χ3n) is 2.32. The molecule has 0 unspecified atom stereocenters. The summed E-state index contributed by atoms with van der Waals surface area (Å²) >= 11 is 0. The lowest BCUT2D eigenvalue weighted by Crippen LogP contribution is -2.27. The Morgan fingerprint density at radius 2 is 1.63 bits per heavy atom. The molecular weight excluding hydrogens is 258 g/mol. The van der Waals surface area contributed by atoms with Crippen LogP contribution >= 0.6 is 0 Å². The highest BCUT2D eigenvalue weighted by atomic mass is 19.1. The van der Waals surface area contributed by atoms with Crippen LogP contribution < -0.4 is 0 Å². The number of esters is 2. The van der Waals surface area contributed by atoms with Crippen LogP contribution in [0.1, 0.15) is 25.3 Å². The Balaban J connectivity index is 3.14. The van der Waals surface area contributed by atoms with E-state index in [0.717, 1.165) is 12.1 Å². The molecule has 0 amide bonds. The molecule has 1 aromatic rings. The molecule has 0 bridgehead atoms. The summed E-state index contributed by atoms with van der Waals surface area (Å²) < 4.78 is 35.9. The average Bonchev–Trinajstić information content (AvgIpc) is 2.33. The number of hydrogen-bond donors (Lipinski definition) is 0. The number of ether oxygens (including phenoxy) is 2. The predicted molar refractivity (Wildman–Crippen MR) is 62.4 cm³/mol. The van der Waals surface area contributed by atoms with Crippen LogP contribution in [0.3, 0.4) is 0 Å². The van der Waals surface area contributed by atoms with E-state index in [9.17, 15) is 18.4 Å². The van der Waals surface area contributed by atoms with Gasteiger partial charge in [0, 0.05) is 11.6 Å². The van der Waals surface area contributed by atoms with Gasteiger partial charge in [-0.3, -0.25) is 9.59 Å². The van der Waals surface area contributed by atoms with Crippen LogP contribution in [0, 0.1) is 11.6 Å². The molecule has 19 heavy (non-hydrogen) atoms. The van der Waals surface area contributed by atoms with E-state index in [4.69, 9.17) is 9.47 Å². The molecule has 0 spiro atoms. The van der Waals surface area contributed by atoms with Crippen molar-refractivity contribution in [3.8, 4) is 0 Å². The van der Waals surface area contributed by atoms with E-state index in [1.165, 1.54) is 0 Å². The Labute approximate surface area is 109 Å². The molecule has 0 atom stereocenters. The first-order valence-electron chi connectivity index (χ1n) is 5.79. The van der Waals surface area contributed by atoms with Crippen LogP contribution in [0.4, 0.5) is 8.78 Å². The molecule has 0 saturated heterocycles. The second kappa shape index (κ2) is 6.82. The first kappa shape index (κ1) is 15.1. The zero-order chi connectivity index (χ0) is 14.4. The van der Waals surface area contributed by atoms with Crippen molar-refractivity contribution in [2.45, 2.75) is 19.8 Å². The van der Waals surface area contributed by atoms with Crippen molar-refractivity contribution in [1.29, 1.82) is 0 Å². The van der Waals surface area contributed by atoms with E-state index in [1.54, 1.807) is 13.8 Å². The number of halogens is 2. The summed E-state index contributed by atoms with van der Waals surface area (Å²) in [5.74, 6) is -5.18. The van der Waals surface area contributed by atoms with Crippen LogP contribution in [0.5, 0.6) is 0 Å². The Hall–Kier alpha value is -1.98. The van der Waals surface area contributed by atoms with Crippen LogP contribution in [0.2, 0.25) is 0 Å². The van der Waals surface area contributed by atoms with Crippen molar-refractivity contribution < 1.29 is 27.8 Å². The number of carbonyl (C=O) groups excluding carboxylic acids is 2. The summed E-state index contributed by atoms with van der Waals surface area (Å²) in [6, 6.07) is 2.59. The van der Waals surface area contributed by atoms with Gasteiger partial charge in [0.2, 0.25) is 0 Å². The molecule has 0 aliphatic heterocycles. The maximum Gasteiger partial charge on any atom is 0.324 e. The minimum atomic E-state index is -1.54. The fourth-order valence-corrected chi connectivity index (χ4v) is 1.54. The molecule has 0 saturated carbocycles. The Morgan fingerprint density at radius 1 is 1.11 bits per heavy atom. The smallest absolute Gasteiger partial charge is 0.324 e. The Morgan fingerprint density at radius 3 is 2.05 bits per heavy atom. The number of rotatable bonds is 5. The van der Waals surface area contributed by atoms with Gasteiger partial charge in [0.25, 0.3) is 0 Å². The van der Waals surface area contributed by atoms with E-state index >= 15 is 0 Å². The fourth-order valence-electron chi connectivity index (χ4n) is 1.54. The van der Waals surface area contributed by atoms with Crippen molar-refractivity contribution in [2.75, 3.05) is 13.2 Å². The molecule has 0 aliphatic carbocycles. The third kappa shape index (κ3) is 3.74. The molecule has 0 heterocycles. The van der Waals surface area contributed by atoms with Crippen LogP contribution in [0.25, 0.3) is 0 Å². The van der Waals surface area contributed by atoms with Gasteiger partial charge in [0.05, 0.1) is 13.2 Å². The van der Waals surface area contributed by atoms with Gasteiger partial charge < -0.3 is 9.47 Å². The van der Waals surface area contributed by atoms with E-state index in [0.29, 0.717) is 6.07 Å². The van der Waals surface area contributed by atoms with Crippen molar-refractivity contribution in [2.24, 2.45) is 0 Å². The van der Waals surface area contributed by atoms with Gasteiger partial charge in [-0.25, -0.2) is 8.78 Å². The molecule has 0 N–H and O–H groups in total. The monoisotopic (exact) mass is 272 g/mol. The van der Waals surface area contributed by atoms with Gasteiger partial charge in [0.1, 0.15) is 11.6 Å². The minimum Gasteiger partial charge on any atom is -0.465 e. The molecule has 0 fully saturated rings. The molecule has 104 valence electrons. The lowest BCUT2D eigenvalue weighted by atomic mass is 9.98. The largest absolute Gasteiger partial charge is 0.465 e. The van der Waals surface area contributed by atoms with Crippen LogP contribution in [-0.4, -0.2) is 25.2 Å². The zero-order valence-electron chi connectivity index (χ0n) is 10.6. The molecule has 1 aromatic carbocycles. The Kier molecular flexibility index (Phi) is 5.41. The molecular formula is C13H14F2O4. The maximum absolute atomic E-state index is 13.6. The summed E-state index contributed by atoms with van der Waals surface area (Å²) in [7, 11) is 0. The summed E-state index contributed by atoms with van der Waals surface area (Å²) in [5.41, 5.74) is -0.265. The van der Waals surface area contributed by atoms with Crippen molar-refractivity contribution in [3.63, 3.8) is 0 Å². The van der Waals surface area contributed by atoms with Crippen LogP contribution in [-0.2, 0) is 19.1 Å². The first-order chi connectivity index (χ1) is 9.01. The number of benzene rings is 1. The van der Waals surface area contributed by atoms with Gasteiger partial charge in [0.15, 0.2) is 5.92 Å². The van der Waals surface area contributed by atoms with Crippen molar-refractivity contribution in [3.05, 3.63) is 35.4 Å². The average molecular weight is 272 g/mol. The maximum atomic E-state index is 13.6. The summed E-state index contributed by atoms with van der Waals surface area (Å²) in [4.78, 5) is 23.4. The van der Waals surface area contributed by atoms with Gasteiger partial charge in [-0.1, -0.05) is 6.07 Å². The molecule has 1 rings (SSSR count). The van der Waals surface area contributed by atoms with Gasteiger partial charge in [-0.05, 0) is 19.9 Å². The standard InChI is InChI=1S/C13H14F2O4/c1-3-18-12(16)11(13(17)19-4-2)9-6-5-8(14)7-10(9)15/h5-7,11H,3-4H2,1-2H3. The lowest BCUT2D eigenvalue weighted by molar-refractivity contribution is -0.157. The molecule has 0 aliphatic rings. The van der Waals surface area contributed by atoms with E-state index in [-0.39, 0.29) is 18.8 Å². The second-order valence-corrected chi connectivity index (χ2v) is 3.60.